The number of anilines is 1. The Labute approximate surface area is 138 Å². The minimum absolute atomic E-state index is 0.110. The molecule has 2 aliphatic rings. The monoisotopic (exact) mass is 311 g/mol. The fourth-order valence-corrected chi connectivity index (χ4v) is 3.56. The average Bonchev–Trinajstić information content (AvgIpc) is 3.31. The van der Waals surface area contributed by atoms with E-state index in [1.165, 1.54) is 12.8 Å². The molecule has 1 aromatic rings. The van der Waals surface area contributed by atoms with E-state index in [2.05, 4.69) is 35.9 Å². The lowest BCUT2D eigenvalue weighted by Gasteiger charge is -2.36. The van der Waals surface area contributed by atoms with Gasteiger partial charge in [-0.1, -0.05) is 13.8 Å². The van der Waals surface area contributed by atoms with Crippen LogP contribution >= 0.6 is 0 Å². The van der Waals surface area contributed by atoms with E-state index in [0.717, 1.165) is 40.2 Å². The van der Waals surface area contributed by atoms with E-state index in [1.807, 2.05) is 20.0 Å². The Morgan fingerprint density at radius 3 is 2.61 bits per heavy atom. The molecule has 1 aromatic carbocycles. The van der Waals surface area contributed by atoms with Gasteiger partial charge in [0.15, 0.2) is 0 Å². The van der Waals surface area contributed by atoms with Gasteiger partial charge in [0.1, 0.15) is 5.75 Å². The number of phenols is 1. The summed E-state index contributed by atoms with van der Waals surface area (Å²) < 4.78 is 0. The molecule has 0 radical (unpaired) electrons. The molecule has 0 aliphatic heterocycles. The summed E-state index contributed by atoms with van der Waals surface area (Å²) in [6.45, 7) is 10.2. The summed E-state index contributed by atoms with van der Waals surface area (Å²) >= 11 is 0. The van der Waals surface area contributed by atoms with Gasteiger partial charge < -0.3 is 10.4 Å². The first-order chi connectivity index (χ1) is 10.9. The predicted molar refractivity (Wildman–Crippen MR) is 97.7 cm³/mol. The smallest absolute Gasteiger partial charge is 0.139 e. The normalized spacial score (nSPS) is 20.3. The highest BCUT2D eigenvalue weighted by molar-refractivity contribution is 6.07. The number of rotatable bonds is 4. The molecule has 0 heterocycles. The number of fused-ring (bicyclic) bond motifs is 1. The third-order valence-corrected chi connectivity index (χ3v) is 4.86. The second kappa shape index (κ2) is 5.52. The summed E-state index contributed by atoms with van der Waals surface area (Å²) in [5.41, 5.74) is 5.97. The van der Waals surface area contributed by atoms with Crippen LogP contribution in [-0.2, 0) is 6.42 Å². The number of aromatic hydroxyl groups is 1. The number of aliphatic imine (C=N–C) groups is 2. The van der Waals surface area contributed by atoms with E-state index in [9.17, 15) is 5.11 Å². The van der Waals surface area contributed by atoms with E-state index >= 15 is 0 Å². The minimum Gasteiger partial charge on any atom is -0.506 e. The molecule has 4 nitrogen and oxygen atoms in total. The van der Waals surface area contributed by atoms with Gasteiger partial charge in [-0.25, -0.2) is 0 Å². The molecule has 3 rings (SSSR count). The molecule has 122 valence electrons. The number of allylic oxidation sites excluding steroid dienone is 1. The van der Waals surface area contributed by atoms with Crippen molar-refractivity contribution < 1.29 is 5.11 Å². The number of hydrogen-bond acceptors (Lipinski definition) is 4. The number of hydrogen-bond donors (Lipinski definition) is 2. The lowest BCUT2D eigenvalue weighted by molar-refractivity contribution is 0.449. The maximum Gasteiger partial charge on any atom is 0.139 e. The molecule has 23 heavy (non-hydrogen) atoms. The van der Waals surface area contributed by atoms with Crippen molar-refractivity contribution in [2.24, 2.45) is 15.4 Å². The maximum absolute atomic E-state index is 10.3. The molecule has 0 amide bonds. The Kier molecular flexibility index (Phi) is 3.78. The van der Waals surface area contributed by atoms with Crippen molar-refractivity contribution in [1.82, 2.24) is 0 Å². The van der Waals surface area contributed by atoms with Gasteiger partial charge in [0.2, 0.25) is 0 Å². The SMILES string of the molecule is C=NC1=C(C(C)=NC)C(C)(C)Cc2c1ccc(O)c2NC1CC1. The molecule has 0 aromatic heterocycles. The summed E-state index contributed by atoms with van der Waals surface area (Å²) in [7, 11) is 1.81. The van der Waals surface area contributed by atoms with Crippen LogP contribution in [0.1, 0.15) is 44.7 Å². The van der Waals surface area contributed by atoms with E-state index in [1.54, 1.807) is 6.07 Å². The van der Waals surface area contributed by atoms with Crippen LogP contribution in [0.2, 0.25) is 0 Å². The highest BCUT2D eigenvalue weighted by atomic mass is 16.3. The van der Waals surface area contributed by atoms with Gasteiger partial charge in [0.25, 0.3) is 0 Å². The fourth-order valence-electron chi connectivity index (χ4n) is 3.56. The first kappa shape index (κ1) is 15.8. The quantitative estimate of drug-likeness (QED) is 0.651. The van der Waals surface area contributed by atoms with Gasteiger partial charge in [0.05, 0.1) is 11.4 Å². The topological polar surface area (TPSA) is 57.0 Å². The molecule has 2 N–H and O–H groups in total. The highest BCUT2D eigenvalue weighted by Crippen LogP contribution is 2.48. The first-order valence-electron chi connectivity index (χ1n) is 8.16. The zero-order valence-corrected chi connectivity index (χ0v) is 14.4. The van der Waals surface area contributed by atoms with E-state index < -0.39 is 0 Å². The molecule has 1 fully saturated rings. The van der Waals surface area contributed by atoms with Crippen LogP contribution in [0.4, 0.5) is 5.69 Å². The van der Waals surface area contributed by atoms with Crippen molar-refractivity contribution in [3.8, 4) is 5.75 Å². The number of benzene rings is 1. The second-order valence-corrected chi connectivity index (χ2v) is 7.16. The molecule has 4 heteroatoms. The van der Waals surface area contributed by atoms with Gasteiger partial charge in [-0.3, -0.25) is 9.98 Å². The van der Waals surface area contributed by atoms with Crippen LogP contribution < -0.4 is 5.32 Å². The van der Waals surface area contributed by atoms with E-state index in [-0.39, 0.29) is 5.41 Å². The third-order valence-electron chi connectivity index (χ3n) is 4.86. The maximum atomic E-state index is 10.3. The van der Waals surface area contributed by atoms with Gasteiger partial charge >= 0.3 is 0 Å². The average molecular weight is 311 g/mol. The van der Waals surface area contributed by atoms with Gasteiger partial charge in [-0.05, 0) is 56.0 Å². The van der Waals surface area contributed by atoms with E-state index in [4.69, 9.17) is 0 Å². The summed E-state index contributed by atoms with van der Waals surface area (Å²) in [6, 6.07) is 4.19. The summed E-state index contributed by atoms with van der Waals surface area (Å²) in [5.74, 6) is 0.319. The molecular formula is C19H25N3O. The van der Waals surface area contributed by atoms with E-state index in [0.29, 0.717) is 11.8 Å². The molecule has 1 saturated carbocycles. The summed E-state index contributed by atoms with van der Waals surface area (Å²) in [6.07, 6.45) is 3.18. The Morgan fingerprint density at radius 1 is 1.35 bits per heavy atom. The van der Waals surface area contributed by atoms with Crippen LogP contribution in [0, 0.1) is 5.41 Å². The van der Waals surface area contributed by atoms with Crippen LogP contribution in [0.25, 0.3) is 5.70 Å². The summed E-state index contributed by atoms with van der Waals surface area (Å²) in [5, 5.41) is 13.8. The van der Waals surface area contributed by atoms with Crippen LogP contribution in [-0.4, -0.2) is 30.6 Å². The standard InChI is InChI=1S/C19H25N3O/c1-11(20-4)16-18(21-5)13-8-9-15(23)17(22-12-6-7-12)14(13)10-19(16,2)3/h8-9,12,22-23H,5-7,10H2,1-4H3. The van der Waals surface area contributed by atoms with Crippen LogP contribution in [0.3, 0.4) is 0 Å². The van der Waals surface area contributed by atoms with Crippen molar-refractivity contribution >= 4 is 23.8 Å². The molecule has 2 aliphatic carbocycles. The van der Waals surface area contributed by atoms with Crippen molar-refractivity contribution in [3.05, 3.63) is 28.8 Å². The largest absolute Gasteiger partial charge is 0.506 e. The molecular weight excluding hydrogens is 286 g/mol. The zero-order valence-electron chi connectivity index (χ0n) is 14.4. The summed E-state index contributed by atoms with van der Waals surface area (Å²) in [4.78, 5) is 8.72. The van der Waals surface area contributed by atoms with Gasteiger partial charge in [0, 0.05) is 29.9 Å². The predicted octanol–water partition coefficient (Wildman–Crippen LogP) is 4.05. The highest BCUT2D eigenvalue weighted by Gasteiger charge is 2.37. The van der Waals surface area contributed by atoms with Crippen molar-refractivity contribution in [3.63, 3.8) is 0 Å². The Hall–Kier alpha value is -2.10. The van der Waals surface area contributed by atoms with Crippen molar-refractivity contribution in [2.75, 3.05) is 12.4 Å². The van der Waals surface area contributed by atoms with Gasteiger partial charge in [-0.15, -0.1) is 0 Å². The van der Waals surface area contributed by atoms with Crippen LogP contribution in [0.15, 0.2) is 27.7 Å². The second-order valence-electron chi connectivity index (χ2n) is 7.16. The molecule has 0 unspecified atom stereocenters. The number of nitrogens with zero attached hydrogens (tertiary/aromatic N) is 2. The Bertz CT molecular complexity index is 724. The zero-order chi connectivity index (χ0) is 16.8. The third kappa shape index (κ3) is 2.67. The first-order valence-corrected chi connectivity index (χ1v) is 8.16. The van der Waals surface area contributed by atoms with Crippen LogP contribution in [0.5, 0.6) is 5.75 Å². The Morgan fingerprint density at radius 2 is 2.04 bits per heavy atom. The molecule has 0 spiro atoms. The minimum atomic E-state index is -0.110. The van der Waals surface area contributed by atoms with Gasteiger partial charge in [-0.2, -0.15) is 0 Å². The molecule has 0 saturated heterocycles. The number of nitrogens with one attached hydrogen (secondary N) is 1. The lowest BCUT2D eigenvalue weighted by Crippen LogP contribution is -2.29. The molecule has 0 bridgehead atoms. The number of phenolic OH excluding ortho intramolecular Hbond substituents is 1. The molecule has 0 atom stereocenters. The lowest BCUT2D eigenvalue weighted by atomic mass is 9.70. The Balaban J connectivity index is 2.24. The fraction of sp³-hybridized carbons (Fsp3) is 0.474. The van der Waals surface area contributed by atoms with Crippen molar-refractivity contribution in [2.45, 2.75) is 46.1 Å². The van der Waals surface area contributed by atoms with Crippen molar-refractivity contribution in [1.29, 1.82) is 0 Å².